The Bertz CT molecular complexity index is 940. The van der Waals surface area contributed by atoms with Crippen LogP contribution in [0, 0.1) is 0 Å². The second kappa shape index (κ2) is 10.2. The topological polar surface area (TPSA) is 84.9 Å². The Kier molecular flexibility index (Phi) is 7.21. The Morgan fingerprint density at radius 3 is 2.57 bits per heavy atom. The van der Waals surface area contributed by atoms with Crippen LogP contribution in [-0.4, -0.2) is 56.0 Å². The Morgan fingerprint density at radius 2 is 1.87 bits per heavy atom. The van der Waals surface area contributed by atoms with Crippen LogP contribution < -0.4 is 10.1 Å². The quantitative estimate of drug-likeness (QED) is 0.711. The molecule has 1 aliphatic heterocycles. The van der Waals surface area contributed by atoms with Gasteiger partial charge < -0.3 is 19.7 Å². The molecule has 7 heteroatoms. The number of ether oxygens (including phenoxy) is 2. The normalized spacial score (nSPS) is 13.2. The van der Waals surface area contributed by atoms with Gasteiger partial charge in [-0.1, -0.05) is 42.5 Å². The SMILES string of the molecule is COc1cccc(C(=O)NCC(=O)OCC(=O)N2CC=C(c3ccccc3)CC2)c1. The minimum absolute atomic E-state index is 0.258. The third-order valence-electron chi connectivity index (χ3n) is 4.79. The molecule has 2 aromatic carbocycles. The van der Waals surface area contributed by atoms with Crippen LogP contribution in [0.25, 0.3) is 5.57 Å². The Morgan fingerprint density at radius 1 is 1.07 bits per heavy atom. The van der Waals surface area contributed by atoms with Crippen molar-refractivity contribution in [2.24, 2.45) is 0 Å². The van der Waals surface area contributed by atoms with Crippen LogP contribution in [0.5, 0.6) is 5.75 Å². The number of nitrogens with one attached hydrogen (secondary N) is 1. The molecule has 1 heterocycles. The average Bonchev–Trinajstić information content (AvgIpc) is 2.81. The number of amides is 2. The number of carbonyl (C=O) groups excluding carboxylic acids is 3. The molecule has 0 atom stereocenters. The zero-order valence-electron chi connectivity index (χ0n) is 16.8. The summed E-state index contributed by atoms with van der Waals surface area (Å²) in [5.74, 6) is -0.809. The Balaban J connectivity index is 1.41. The van der Waals surface area contributed by atoms with Crippen LogP contribution >= 0.6 is 0 Å². The van der Waals surface area contributed by atoms with E-state index in [-0.39, 0.29) is 19.1 Å². The molecular formula is C23H24N2O5. The zero-order chi connectivity index (χ0) is 21.3. The van der Waals surface area contributed by atoms with Crippen molar-refractivity contribution in [2.75, 3.05) is 33.4 Å². The molecule has 3 rings (SSSR count). The number of methoxy groups -OCH3 is 1. The molecule has 156 valence electrons. The first-order valence-corrected chi connectivity index (χ1v) is 9.67. The van der Waals surface area contributed by atoms with Crippen LogP contribution in [0.2, 0.25) is 0 Å². The molecule has 0 aromatic heterocycles. The van der Waals surface area contributed by atoms with Crippen molar-refractivity contribution in [3.8, 4) is 5.75 Å². The molecular weight excluding hydrogens is 384 g/mol. The summed E-state index contributed by atoms with van der Waals surface area (Å²) in [7, 11) is 1.51. The van der Waals surface area contributed by atoms with Crippen molar-refractivity contribution in [2.45, 2.75) is 6.42 Å². The molecule has 0 radical (unpaired) electrons. The summed E-state index contributed by atoms with van der Waals surface area (Å²) in [5, 5.41) is 2.47. The fraction of sp³-hybridized carbons (Fsp3) is 0.261. The summed E-state index contributed by atoms with van der Waals surface area (Å²) in [5.41, 5.74) is 2.73. The van der Waals surface area contributed by atoms with Crippen LogP contribution in [0.3, 0.4) is 0 Å². The smallest absolute Gasteiger partial charge is 0.325 e. The molecule has 0 bridgehead atoms. The van der Waals surface area contributed by atoms with E-state index in [9.17, 15) is 14.4 Å². The van der Waals surface area contributed by atoms with Crippen molar-refractivity contribution in [1.82, 2.24) is 10.2 Å². The van der Waals surface area contributed by atoms with Gasteiger partial charge in [0.25, 0.3) is 11.8 Å². The molecule has 0 saturated heterocycles. The van der Waals surface area contributed by atoms with E-state index in [1.165, 1.54) is 12.7 Å². The number of hydrogen-bond donors (Lipinski definition) is 1. The highest BCUT2D eigenvalue weighted by Crippen LogP contribution is 2.22. The van der Waals surface area contributed by atoms with Gasteiger partial charge in [-0.05, 0) is 35.8 Å². The molecule has 0 aliphatic carbocycles. The highest BCUT2D eigenvalue weighted by Gasteiger charge is 2.19. The summed E-state index contributed by atoms with van der Waals surface area (Å²) in [4.78, 5) is 37.9. The van der Waals surface area contributed by atoms with Crippen LogP contribution in [0.15, 0.2) is 60.7 Å². The first kappa shape index (κ1) is 21.1. The van der Waals surface area contributed by atoms with Crippen molar-refractivity contribution in [3.05, 3.63) is 71.8 Å². The predicted molar refractivity (Wildman–Crippen MR) is 112 cm³/mol. The number of nitrogens with zero attached hydrogens (tertiary/aromatic N) is 1. The molecule has 1 N–H and O–H groups in total. The summed E-state index contributed by atoms with van der Waals surface area (Å²) in [6, 6.07) is 16.6. The second-order valence-electron chi connectivity index (χ2n) is 6.76. The minimum atomic E-state index is -0.669. The summed E-state index contributed by atoms with van der Waals surface area (Å²) < 4.78 is 10.1. The summed E-state index contributed by atoms with van der Waals surface area (Å²) in [6.45, 7) is 0.390. The van der Waals surface area contributed by atoms with Crippen molar-refractivity contribution < 1.29 is 23.9 Å². The maximum absolute atomic E-state index is 12.3. The van der Waals surface area contributed by atoms with Gasteiger partial charge >= 0.3 is 5.97 Å². The number of hydrogen-bond acceptors (Lipinski definition) is 5. The number of benzene rings is 2. The lowest BCUT2D eigenvalue weighted by Gasteiger charge is -2.26. The molecule has 30 heavy (non-hydrogen) atoms. The number of rotatable bonds is 7. The van der Waals surface area contributed by atoms with Crippen molar-refractivity contribution in [1.29, 1.82) is 0 Å². The maximum Gasteiger partial charge on any atom is 0.325 e. The maximum atomic E-state index is 12.3. The monoisotopic (exact) mass is 408 g/mol. The highest BCUT2D eigenvalue weighted by molar-refractivity contribution is 5.96. The van der Waals surface area contributed by atoms with E-state index in [4.69, 9.17) is 9.47 Å². The van der Waals surface area contributed by atoms with Crippen molar-refractivity contribution >= 4 is 23.4 Å². The lowest BCUT2D eigenvalue weighted by molar-refractivity contribution is -0.151. The van der Waals surface area contributed by atoms with Gasteiger partial charge in [0, 0.05) is 18.7 Å². The predicted octanol–water partition coefficient (Wildman–Crippen LogP) is 2.28. The van der Waals surface area contributed by atoms with Gasteiger partial charge in [-0.25, -0.2) is 0 Å². The van der Waals surface area contributed by atoms with E-state index < -0.39 is 11.9 Å². The lowest BCUT2D eigenvalue weighted by Crippen LogP contribution is -2.38. The molecule has 2 aromatic rings. The van der Waals surface area contributed by atoms with Gasteiger partial charge in [0.05, 0.1) is 7.11 Å². The Hall–Kier alpha value is -3.61. The second-order valence-corrected chi connectivity index (χ2v) is 6.76. The Labute approximate surface area is 175 Å². The third kappa shape index (κ3) is 5.70. The van der Waals surface area contributed by atoms with Gasteiger partial charge in [0.2, 0.25) is 0 Å². The standard InChI is InChI=1S/C23H24N2O5/c1-29-20-9-5-8-19(14-20)23(28)24-15-22(27)30-16-21(26)25-12-10-18(11-13-25)17-6-3-2-4-7-17/h2-10,14H,11-13,15-16H2,1H3,(H,24,28). The van der Waals surface area contributed by atoms with Gasteiger partial charge in [-0.2, -0.15) is 0 Å². The average molecular weight is 408 g/mol. The van der Waals surface area contributed by atoms with Crippen LogP contribution in [0.4, 0.5) is 0 Å². The first-order valence-electron chi connectivity index (χ1n) is 9.67. The highest BCUT2D eigenvalue weighted by atomic mass is 16.5. The van der Waals surface area contributed by atoms with Crippen LogP contribution in [0.1, 0.15) is 22.3 Å². The van der Waals surface area contributed by atoms with Crippen LogP contribution in [-0.2, 0) is 14.3 Å². The molecule has 2 amide bonds. The third-order valence-corrected chi connectivity index (χ3v) is 4.79. The largest absolute Gasteiger partial charge is 0.497 e. The fourth-order valence-corrected chi connectivity index (χ4v) is 3.11. The van der Waals surface area contributed by atoms with Gasteiger partial charge in [0.15, 0.2) is 6.61 Å². The first-order chi connectivity index (χ1) is 14.6. The molecule has 0 fully saturated rings. The molecule has 0 saturated carbocycles. The number of carbonyl (C=O) groups is 3. The summed E-state index contributed by atoms with van der Waals surface area (Å²) >= 11 is 0. The number of esters is 1. The minimum Gasteiger partial charge on any atom is -0.497 e. The van der Waals surface area contributed by atoms with E-state index in [0.717, 1.165) is 12.0 Å². The molecule has 0 spiro atoms. The van der Waals surface area contributed by atoms with E-state index in [0.29, 0.717) is 24.4 Å². The fourth-order valence-electron chi connectivity index (χ4n) is 3.11. The molecule has 0 unspecified atom stereocenters. The van der Waals surface area contributed by atoms with E-state index in [1.54, 1.807) is 29.2 Å². The van der Waals surface area contributed by atoms with Crippen molar-refractivity contribution in [3.63, 3.8) is 0 Å². The van der Waals surface area contributed by atoms with Gasteiger partial charge in [-0.15, -0.1) is 0 Å². The summed E-state index contributed by atoms with van der Waals surface area (Å²) in [6.07, 6.45) is 2.77. The van der Waals surface area contributed by atoms with E-state index >= 15 is 0 Å². The van der Waals surface area contributed by atoms with E-state index in [1.807, 2.05) is 36.4 Å². The zero-order valence-corrected chi connectivity index (χ0v) is 16.8. The van der Waals surface area contributed by atoms with E-state index in [2.05, 4.69) is 5.32 Å². The lowest BCUT2D eigenvalue weighted by atomic mass is 10.00. The molecule has 1 aliphatic rings. The van der Waals surface area contributed by atoms with Gasteiger partial charge in [0.1, 0.15) is 12.3 Å². The van der Waals surface area contributed by atoms with Gasteiger partial charge in [-0.3, -0.25) is 14.4 Å². The molecule has 7 nitrogen and oxygen atoms in total.